The van der Waals surface area contributed by atoms with E-state index in [1.807, 2.05) is 6.08 Å². The Kier molecular flexibility index (Phi) is 53.3. The standard InChI is InChI=1S/C75H127NO13/c1-3-5-7-9-11-13-15-17-19-21-23-25-27-29-31-32-33-35-37-39-41-43-45-47-49-51-53-55-57-59-67(80)76-63(62-86-74-72(85)70(83)73(66(61-78)88-74)89-75-71(84)69(82)68(81)65(60-77)87-75)64(79)58-56-54-52-50-48-46-44-42-40-38-36-34-30-28-26-24-22-20-18-16-14-12-10-8-6-4-2/h5,7,11,13,17,19,23,25,29,31,33,35,39-42,48,50,56,58,63-66,68-75,77-79,81-85H,3-4,6,8-10,12,14-16,18,20-22,24,26-28,30,32,34,36-38,43-47,49,51-55,57,59-62H2,1-2H3,(H,76,80)/b7-5-,13-11-,19-17-,25-23-,31-29-,35-33-,41-39-,42-40+,50-48+,58-56+. The van der Waals surface area contributed by atoms with Crippen molar-refractivity contribution in [1.82, 2.24) is 5.32 Å². The van der Waals surface area contributed by atoms with E-state index >= 15 is 0 Å². The van der Waals surface area contributed by atoms with Crippen molar-refractivity contribution in [3.8, 4) is 0 Å². The van der Waals surface area contributed by atoms with Gasteiger partial charge in [0.2, 0.25) is 5.91 Å². The smallest absolute Gasteiger partial charge is 0.220 e. The third kappa shape index (κ3) is 42.3. The second kappa shape index (κ2) is 58.2. The van der Waals surface area contributed by atoms with Crippen LogP contribution in [-0.4, -0.2) is 140 Å². The third-order valence-electron chi connectivity index (χ3n) is 16.4. The number of carbonyl (C=O) groups excluding carboxylic acids is 1. The lowest BCUT2D eigenvalue weighted by Crippen LogP contribution is -2.65. The lowest BCUT2D eigenvalue weighted by molar-refractivity contribution is -0.359. The van der Waals surface area contributed by atoms with Gasteiger partial charge in [-0.05, 0) is 103 Å². The maximum Gasteiger partial charge on any atom is 0.220 e. The molecule has 0 aliphatic carbocycles. The summed E-state index contributed by atoms with van der Waals surface area (Å²) in [5, 5.41) is 87.4. The van der Waals surface area contributed by atoms with Crippen LogP contribution in [0.25, 0.3) is 0 Å². The molecular formula is C75H127NO13. The van der Waals surface area contributed by atoms with Gasteiger partial charge in [-0.1, -0.05) is 264 Å². The van der Waals surface area contributed by atoms with Gasteiger partial charge >= 0.3 is 0 Å². The topological polar surface area (TPSA) is 228 Å². The summed E-state index contributed by atoms with van der Waals surface area (Å²) >= 11 is 0. The molecule has 0 saturated carbocycles. The van der Waals surface area contributed by atoms with Gasteiger partial charge in [0.05, 0.1) is 32.0 Å². The summed E-state index contributed by atoms with van der Waals surface area (Å²) in [4.78, 5) is 13.3. The number of amides is 1. The minimum absolute atomic E-state index is 0.249. The molecular weight excluding hydrogens is 1120 g/mol. The van der Waals surface area contributed by atoms with Crippen LogP contribution in [0.4, 0.5) is 0 Å². The normalized spacial score (nSPS) is 23.8. The van der Waals surface area contributed by atoms with Crippen molar-refractivity contribution >= 4 is 5.91 Å². The zero-order valence-corrected chi connectivity index (χ0v) is 55.4. The van der Waals surface area contributed by atoms with E-state index in [2.05, 4.69) is 129 Å². The van der Waals surface area contributed by atoms with Gasteiger partial charge in [0, 0.05) is 6.42 Å². The van der Waals surface area contributed by atoms with Gasteiger partial charge < -0.3 is 65.1 Å². The number of carbonyl (C=O) groups is 1. The predicted molar refractivity (Wildman–Crippen MR) is 364 cm³/mol. The number of hydrogen-bond donors (Lipinski definition) is 9. The summed E-state index contributed by atoms with van der Waals surface area (Å²) in [6.07, 6.45) is 68.2. The third-order valence-corrected chi connectivity index (χ3v) is 16.4. The molecule has 2 rings (SSSR count). The number of hydrogen-bond acceptors (Lipinski definition) is 13. The highest BCUT2D eigenvalue weighted by Gasteiger charge is 2.51. The van der Waals surface area contributed by atoms with Crippen molar-refractivity contribution in [2.45, 2.75) is 325 Å². The summed E-state index contributed by atoms with van der Waals surface area (Å²) in [7, 11) is 0. The summed E-state index contributed by atoms with van der Waals surface area (Å²) < 4.78 is 22.8. The van der Waals surface area contributed by atoms with Gasteiger partial charge in [-0.3, -0.25) is 4.79 Å². The Labute approximate surface area is 539 Å². The molecule has 0 aromatic heterocycles. The minimum Gasteiger partial charge on any atom is -0.394 e. The Balaban J connectivity index is 1.73. The number of ether oxygens (including phenoxy) is 4. The molecule has 0 aromatic rings. The van der Waals surface area contributed by atoms with Gasteiger partial charge in [0.25, 0.3) is 0 Å². The molecule has 14 heteroatoms. The van der Waals surface area contributed by atoms with Gasteiger partial charge in [-0.15, -0.1) is 0 Å². The quantitative estimate of drug-likeness (QED) is 0.0204. The molecule has 12 atom stereocenters. The van der Waals surface area contributed by atoms with E-state index in [1.54, 1.807) is 6.08 Å². The number of aliphatic hydroxyl groups is 8. The van der Waals surface area contributed by atoms with E-state index in [9.17, 15) is 45.6 Å². The zero-order chi connectivity index (χ0) is 64.5. The first-order valence-electron chi connectivity index (χ1n) is 35.3. The lowest BCUT2D eigenvalue weighted by Gasteiger charge is -2.46. The monoisotopic (exact) mass is 1250 g/mol. The molecule has 12 unspecified atom stereocenters. The minimum atomic E-state index is -1.80. The number of nitrogens with one attached hydrogen (secondary N) is 1. The Hall–Kier alpha value is -3.61. The summed E-state index contributed by atoms with van der Waals surface area (Å²) in [6.45, 7) is 2.66. The van der Waals surface area contributed by atoms with Gasteiger partial charge in [0.1, 0.15) is 48.8 Å². The van der Waals surface area contributed by atoms with Crippen molar-refractivity contribution in [3.05, 3.63) is 122 Å². The molecule has 0 spiro atoms. The van der Waals surface area contributed by atoms with Crippen LogP contribution >= 0.6 is 0 Å². The highest BCUT2D eigenvalue weighted by Crippen LogP contribution is 2.30. The maximum atomic E-state index is 13.3. The molecule has 2 fully saturated rings. The van der Waals surface area contributed by atoms with Crippen molar-refractivity contribution in [1.29, 1.82) is 0 Å². The van der Waals surface area contributed by atoms with Crippen LogP contribution in [0.2, 0.25) is 0 Å². The van der Waals surface area contributed by atoms with Crippen molar-refractivity contribution in [3.63, 3.8) is 0 Å². The van der Waals surface area contributed by atoms with E-state index in [0.717, 1.165) is 116 Å². The van der Waals surface area contributed by atoms with Gasteiger partial charge in [-0.25, -0.2) is 0 Å². The van der Waals surface area contributed by atoms with Gasteiger partial charge in [0.15, 0.2) is 12.6 Å². The molecule has 0 radical (unpaired) electrons. The summed E-state index contributed by atoms with van der Waals surface area (Å²) in [6, 6.07) is -0.955. The summed E-state index contributed by atoms with van der Waals surface area (Å²) in [5.41, 5.74) is 0. The highest BCUT2D eigenvalue weighted by atomic mass is 16.7. The molecule has 9 N–H and O–H groups in total. The zero-order valence-electron chi connectivity index (χ0n) is 55.4. The Morgan fingerprint density at radius 1 is 0.416 bits per heavy atom. The van der Waals surface area contributed by atoms with E-state index in [1.165, 1.54) is 103 Å². The fourth-order valence-corrected chi connectivity index (χ4v) is 10.8. The van der Waals surface area contributed by atoms with Crippen LogP contribution in [-0.2, 0) is 23.7 Å². The first-order valence-corrected chi connectivity index (χ1v) is 35.3. The molecule has 1 amide bonds. The Morgan fingerprint density at radius 2 is 0.787 bits per heavy atom. The van der Waals surface area contributed by atoms with Crippen LogP contribution in [0.1, 0.15) is 251 Å². The predicted octanol–water partition coefficient (Wildman–Crippen LogP) is 14.5. The first-order chi connectivity index (χ1) is 43.6. The molecule has 0 bridgehead atoms. The van der Waals surface area contributed by atoms with Crippen LogP contribution < -0.4 is 5.32 Å². The molecule has 89 heavy (non-hydrogen) atoms. The van der Waals surface area contributed by atoms with Crippen LogP contribution in [0.15, 0.2) is 122 Å². The molecule has 510 valence electrons. The molecule has 2 heterocycles. The Morgan fingerprint density at radius 3 is 1.24 bits per heavy atom. The van der Waals surface area contributed by atoms with Crippen LogP contribution in [0, 0.1) is 0 Å². The molecule has 14 nitrogen and oxygen atoms in total. The average Bonchev–Trinajstić information content (AvgIpc) is 2.51. The van der Waals surface area contributed by atoms with E-state index in [0.29, 0.717) is 12.8 Å². The second-order valence-electron chi connectivity index (χ2n) is 24.3. The average molecular weight is 1250 g/mol. The molecule has 2 aliphatic heterocycles. The first kappa shape index (κ1) is 81.5. The lowest BCUT2D eigenvalue weighted by atomic mass is 9.97. The fourth-order valence-electron chi connectivity index (χ4n) is 10.8. The van der Waals surface area contributed by atoms with Crippen molar-refractivity contribution in [2.75, 3.05) is 19.8 Å². The second-order valence-corrected chi connectivity index (χ2v) is 24.3. The van der Waals surface area contributed by atoms with Gasteiger partial charge in [-0.2, -0.15) is 0 Å². The SMILES string of the molecule is CC/C=C\C/C=C\C/C=C\C/C=C\C/C=C\C/C=C\C/C=C\CCCCCCCCCC(=O)NC(COC1OC(CO)C(OC2OC(CO)C(O)C(O)C2O)C(O)C1O)C(O)/C=C/CC/C=C/CC/C=C/CCCCCCCCCCCCCCCCCC. The molecule has 2 saturated heterocycles. The highest BCUT2D eigenvalue weighted by molar-refractivity contribution is 5.76. The van der Waals surface area contributed by atoms with E-state index in [-0.39, 0.29) is 18.9 Å². The van der Waals surface area contributed by atoms with Crippen LogP contribution in [0.5, 0.6) is 0 Å². The Bertz CT molecular complexity index is 1960. The van der Waals surface area contributed by atoms with Crippen LogP contribution in [0.3, 0.4) is 0 Å². The number of rotatable bonds is 56. The van der Waals surface area contributed by atoms with Crippen molar-refractivity contribution in [2.24, 2.45) is 0 Å². The van der Waals surface area contributed by atoms with E-state index in [4.69, 9.17) is 18.9 Å². The van der Waals surface area contributed by atoms with Crippen molar-refractivity contribution < 1.29 is 64.6 Å². The largest absolute Gasteiger partial charge is 0.394 e. The van der Waals surface area contributed by atoms with E-state index < -0.39 is 86.8 Å². The fraction of sp³-hybridized carbons (Fsp3) is 0.720. The molecule has 0 aromatic carbocycles. The molecule has 2 aliphatic rings. The number of allylic oxidation sites excluding steroid dienone is 19. The number of aliphatic hydroxyl groups excluding tert-OH is 8. The maximum absolute atomic E-state index is 13.3. The summed E-state index contributed by atoms with van der Waals surface area (Å²) in [5.74, 6) is -0.268. The number of unbranched alkanes of at least 4 members (excludes halogenated alkanes) is 25.